The van der Waals surface area contributed by atoms with Crippen molar-refractivity contribution in [1.29, 1.82) is 0 Å². The van der Waals surface area contributed by atoms with E-state index in [2.05, 4.69) is 4.98 Å². The first-order valence-corrected chi connectivity index (χ1v) is 5.25. The summed E-state index contributed by atoms with van der Waals surface area (Å²) in [7, 11) is 0. The molecule has 0 unspecified atom stereocenters. The summed E-state index contributed by atoms with van der Waals surface area (Å²) in [5, 5.41) is 0.646. The van der Waals surface area contributed by atoms with Gasteiger partial charge in [-0.3, -0.25) is 9.36 Å². The average molecular weight is 216 g/mol. The standard InChI is InChI=1S/C12H12N2O2/c1-12(2)7-14-10(15)8-5-3-4-6-9(8)13-11(14)16-12/h3-6H,7H2,1-2H3. The predicted molar refractivity (Wildman–Crippen MR) is 60.7 cm³/mol. The van der Waals surface area contributed by atoms with Gasteiger partial charge in [0, 0.05) is 0 Å². The van der Waals surface area contributed by atoms with Crippen LogP contribution in [0.3, 0.4) is 0 Å². The Kier molecular flexibility index (Phi) is 1.67. The molecule has 82 valence electrons. The van der Waals surface area contributed by atoms with E-state index in [0.717, 1.165) is 0 Å². The SMILES string of the molecule is CC1(C)Cn2c(nc3ccccc3c2=O)O1. The summed E-state index contributed by atoms with van der Waals surface area (Å²) in [6, 6.07) is 7.76. The van der Waals surface area contributed by atoms with Gasteiger partial charge in [-0.1, -0.05) is 12.1 Å². The summed E-state index contributed by atoms with van der Waals surface area (Å²) >= 11 is 0. The highest BCUT2D eigenvalue weighted by Gasteiger charge is 2.32. The third kappa shape index (κ3) is 1.23. The van der Waals surface area contributed by atoms with Gasteiger partial charge in [0.1, 0.15) is 5.60 Å². The number of benzene rings is 1. The smallest absolute Gasteiger partial charge is 0.300 e. The Morgan fingerprint density at radius 3 is 2.94 bits per heavy atom. The molecule has 0 N–H and O–H groups in total. The van der Waals surface area contributed by atoms with Crippen LogP contribution >= 0.6 is 0 Å². The molecule has 0 spiro atoms. The van der Waals surface area contributed by atoms with E-state index in [1.165, 1.54) is 0 Å². The summed E-state index contributed by atoms with van der Waals surface area (Å²) in [6.45, 7) is 4.45. The Morgan fingerprint density at radius 1 is 1.38 bits per heavy atom. The maximum Gasteiger partial charge on any atom is 0.300 e. The lowest BCUT2D eigenvalue weighted by Crippen LogP contribution is -2.28. The molecule has 0 saturated heterocycles. The lowest BCUT2D eigenvalue weighted by Gasteiger charge is -2.14. The van der Waals surface area contributed by atoms with Crippen LogP contribution in [0.2, 0.25) is 0 Å². The molecule has 0 bridgehead atoms. The summed E-state index contributed by atoms with van der Waals surface area (Å²) < 4.78 is 7.23. The van der Waals surface area contributed by atoms with E-state index in [9.17, 15) is 4.79 Å². The molecule has 1 aliphatic heterocycles. The van der Waals surface area contributed by atoms with Crippen molar-refractivity contribution in [2.75, 3.05) is 0 Å². The van der Waals surface area contributed by atoms with Crippen molar-refractivity contribution in [3.63, 3.8) is 0 Å². The van der Waals surface area contributed by atoms with Crippen LogP contribution in [0, 0.1) is 0 Å². The number of hydrogen-bond donors (Lipinski definition) is 0. The van der Waals surface area contributed by atoms with Gasteiger partial charge in [0.05, 0.1) is 17.4 Å². The van der Waals surface area contributed by atoms with Crippen molar-refractivity contribution in [2.24, 2.45) is 0 Å². The first-order valence-electron chi connectivity index (χ1n) is 5.25. The van der Waals surface area contributed by atoms with E-state index in [1.807, 2.05) is 32.0 Å². The maximum absolute atomic E-state index is 12.2. The molecule has 0 fully saturated rings. The van der Waals surface area contributed by atoms with Gasteiger partial charge in [-0.2, -0.15) is 4.98 Å². The molecule has 0 aliphatic carbocycles. The van der Waals surface area contributed by atoms with Gasteiger partial charge in [0.2, 0.25) is 0 Å². The van der Waals surface area contributed by atoms with Crippen LogP contribution in [-0.2, 0) is 6.54 Å². The molecule has 2 heterocycles. The predicted octanol–water partition coefficient (Wildman–Crippen LogP) is 1.57. The molecule has 3 rings (SSSR count). The summed E-state index contributed by atoms with van der Waals surface area (Å²) in [6.07, 6.45) is 0. The van der Waals surface area contributed by atoms with Crippen LogP contribution in [0.4, 0.5) is 0 Å². The van der Waals surface area contributed by atoms with Gasteiger partial charge in [-0.05, 0) is 26.0 Å². The summed E-state index contributed by atoms with van der Waals surface area (Å²) in [5.74, 6) is 0. The van der Waals surface area contributed by atoms with E-state index in [-0.39, 0.29) is 11.2 Å². The number of para-hydroxylation sites is 1. The minimum absolute atomic E-state index is 0.0221. The van der Waals surface area contributed by atoms with Gasteiger partial charge in [0.25, 0.3) is 11.6 Å². The van der Waals surface area contributed by atoms with E-state index in [0.29, 0.717) is 23.5 Å². The fourth-order valence-corrected chi connectivity index (χ4v) is 2.03. The Bertz CT molecular complexity index is 628. The highest BCUT2D eigenvalue weighted by Crippen LogP contribution is 2.26. The highest BCUT2D eigenvalue weighted by atomic mass is 16.5. The van der Waals surface area contributed by atoms with Crippen molar-refractivity contribution in [3.8, 4) is 6.01 Å². The summed E-state index contributed by atoms with van der Waals surface area (Å²) in [4.78, 5) is 16.5. The number of hydrogen-bond acceptors (Lipinski definition) is 3. The van der Waals surface area contributed by atoms with E-state index >= 15 is 0 Å². The van der Waals surface area contributed by atoms with Crippen molar-refractivity contribution in [2.45, 2.75) is 26.0 Å². The molecular formula is C12H12N2O2. The first-order chi connectivity index (χ1) is 7.57. The number of ether oxygens (including phenoxy) is 1. The lowest BCUT2D eigenvalue weighted by atomic mass is 10.1. The molecule has 0 radical (unpaired) electrons. The average Bonchev–Trinajstić information content (AvgIpc) is 2.53. The quantitative estimate of drug-likeness (QED) is 0.671. The van der Waals surface area contributed by atoms with E-state index in [1.54, 1.807) is 10.6 Å². The fraction of sp³-hybridized carbons (Fsp3) is 0.333. The molecular weight excluding hydrogens is 204 g/mol. The molecule has 1 aromatic carbocycles. The Hall–Kier alpha value is -1.84. The second-order valence-electron chi connectivity index (χ2n) is 4.66. The zero-order chi connectivity index (χ0) is 11.3. The zero-order valence-corrected chi connectivity index (χ0v) is 9.23. The third-order valence-electron chi connectivity index (χ3n) is 2.73. The molecule has 0 saturated carbocycles. The monoisotopic (exact) mass is 216 g/mol. The summed E-state index contributed by atoms with van der Waals surface area (Å²) in [5.41, 5.74) is 0.318. The third-order valence-corrected chi connectivity index (χ3v) is 2.73. The van der Waals surface area contributed by atoms with Crippen LogP contribution < -0.4 is 10.3 Å². The molecule has 4 nitrogen and oxygen atoms in total. The normalized spacial score (nSPS) is 17.1. The first kappa shape index (κ1) is 9.39. The molecule has 1 aliphatic rings. The van der Waals surface area contributed by atoms with Crippen molar-refractivity contribution < 1.29 is 4.74 Å². The highest BCUT2D eigenvalue weighted by molar-refractivity contribution is 5.77. The van der Waals surface area contributed by atoms with Crippen LogP contribution in [0.1, 0.15) is 13.8 Å². The van der Waals surface area contributed by atoms with Gasteiger partial charge in [-0.15, -0.1) is 0 Å². The molecule has 1 aromatic heterocycles. The minimum Gasteiger partial charge on any atom is -0.457 e. The van der Waals surface area contributed by atoms with E-state index < -0.39 is 0 Å². The van der Waals surface area contributed by atoms with Gasteiger partial charge in [-0.25, -0.2) is 0 Å². The maximum atomic E-state index is 12.2. The lowest BCUT2D eigenvalue weighted by molar-refractivity contribution is 0.132. The van der Waals surface area contributed by atoms with Crippen molar-refractivity contribution in [3.05, 3.63) is 34.6 Å². The molecule has 0 amide bonds. The number of rotatable bonds is 0. The zero-order valence-electron chi connectivity index (χ0n) is 9.23. The topological polar surface area (TPSA) is 44.1 Å². The number of aromatic nitrogens is 2. The van der Waals surface area contributed by atoms with Crippen LogP contribution in [0.5, 0.6) is 6.01 Å². The van der Waals surface area contributed by atoms with Crippen LogP contribution in [-0.4, -0.2) is 15.2 Å². The molecule has 4 heteroatoms. The second kappa shape index (κ2) is 2.84. The largest absolute Gasteiger partial charge is 0.457 e. The molecule has 16 heavy (non-hydrogen) atoms. The van der Waals surface area contributed by atoms with Gasteiger partial charge < -0.3 is 4.74 Å². The fourth-order valence-electron chi connectivity index (χ4n) is 2.03. The van der Waals surface area contributed by atoms with Crippen molar-refractivity contribution >= 4 is 10.9 Å². The Balaban J connectivity index is 2.36. The van der Waals surface area contributed by atoms with Gasteiger partial charge in [0.15, 0.2) is 0 Å². The number of nitrogens with zero attached hydrogens (tertiary/aromatic N) is 2. The number of fused-ring (bicyclic) bond motifs is 2. The minimum atomic E-state index is -0.351. The molecule has 2 aromatic rings. The Morgan fingerprint density at radius 2 is 2.12 bits per heavy atom. The Labute approximate surface area is 92.5 Å². The van der Waals surface area contributed by atoms with Crippen LogP contribution in [0.25, 0.3) is 10.9 Å². The molecule has 0 atom stereocenters. The second-order valence-corrected chi connectivity index (χ2v) is 4.66. The van der Waals surface area contributed by atoms with Crippen molar-refractivity contribution in [1.82, 2.24) is 9.55 Å². The van der Waals surface area contributed by atoms with Crippen LogP contribution in [0.15, 0.2) is 29.1 Å². The van der Waals surface area contributed by atoms with E-state index in [4.69, 9.17) is 4.74 Å². The van der Waals surface area contributed by atoms with Gasteiger partial charge >= 0.3 is 0 Å².